The maximum absolute atomic E-state index is 5.76. The molecule has 2 heteroatoms. The summed E-state index contributed by atoms with van der Waals surface area (Å²) in [7, 11) is 0. The number of ether oxygens (including phenoxy) is 1. The highest BCUT2D eigenvalue weighted by Crippen LogP contribution is 2.55. The third kappa shape index (κ3) is 2.69. The number of hydrogen-bond donors (Lipinski definition) is 1. The highest BCUT2D eigenvalue weighted by atomic mass is 16.5. The zero-order chi connectivity index (χ0) is 13.2. The molecule has 1 aromatic rings. The van der Waals surface area contributed by atoms with Crippen LogP contribution in [0.4, 0.5) is 0 Å². The Morgan fingerprint density at radius 2 is 2.11 bits per heavy atom. The van der Waals surface area contributed by atoms with Gasteiger partial charge >= 0.3 is 0 Å². The topological polar surface area (TPSA) is 21.3 Å². The van der Waals surface area contributed by atoms with E-state index in [4.69, 9.17) is 4.74 Å². The van der Waals surface area contributed by atoms with Crippen LogP contribution < -0.4 is 10.1 Å². The van der Waals surface area contributed by atoms with Gasteiger partial charge in [0, 0.05) is 17.0 Å². The minimum absolute atomic E-state index is 0.299. The molecule has 0 saturated heterocycles. The Hall–Kier alpha value is -1.02. The number of nitrogens with one attached hydrogen (secondary N) is 1. The summed E-state index contributed by atoms with van der Waals surface area (Å²) in [5.74, 6) is 1.80. The fourth-order valence-electron chi connectivity index (χ4n) is 2.68. The van der Waals surface area contributed by atoms with Gasteiger partial charge in [0.15, 0.2) is 0 Å². The Labute approximate surface area is 111 Å². The van der Waals surface area contributed by atoms with Crippen LogP contribution in [0.25, 0.3) is 0 Å². The number of rotatable bonds is 6. The molecule has 0 amide bonds. The Balaban J connectivity index is 2.08. The second kappa shape index (κ2) is 5.31. The molecule has 0 spiro atoms. The fourth-order valence-corrected chi connectivity index (χ4v) is 2.68. The van der Waals surface area contributed by atoms with Crippen LogP contribution >= 0.6 is 0 Å². The first-order valence-corrected chi connectivity index (χ1v) is 7.03. The molecule has 0 bridgehead atoms. The van der Waals surface area contributed by atoms with E-state index < -0.39 is 0 Å². The lowest BCUT2D eigenvalue weighted by molar-refractivity contribution is 0.332. The molecule has 1 N–H and O–H groups in total. The monoisotopic (exact) mass is 247 g/mol. The molecule has 1 aliphatic carbocycles. The van der Waals surface area contributed by atoms with Crippen LogP contribution in [-0.2, 0) is 5.41 Å². The minimum atomic E-state index is 0.299. The van der Waals surface area contributed by atoms with Gasteiger partial charge in [0.05, 0.1) is 6.61 Å². The smallest absolute Gasteiger partial charge is 0.123 e. The molecule has 2 nitrogen and oxygen atoms in total. The van der Waals surface area contributed by atoms with Gasteiger partial charge in [-0.2, -0.15) is 0 Å². The van der Waals surface area contributed by atoms with Crippen molar-refractivity contribution in [2.75, 3.05) is 13.2 Å². The first-order valence-electron chi connectivity index (χ1n) is 7.03. The number of benzene rings is 1. The summed E-state index contributed by atoms with van der Waals surface area (Å²) in [4.78, 5) is 0. The Morgan fingerprint density at radius 3 is 2.78 bits per heavy atom. The van der Waals surface area contributed by atoms with E-state index in [9.17, 15) is 0 Å². The Bertz CT molecular complexity index is 402. The predicted molar refractivity (Wildman–Crippen MR) is 76.2 cm³/mol. The van der Waals surface area contributed by atoms with E-state index in [1.807, 2.05) is 6.92 Å². The van der Waals surface area contributed by atoms with Crippen molar-refractivity contribution in [1.29, 1.82) is 0 Å². The molecule has 2 atom stereocenters. The van der Waals surface area contributed by atoms with Gasteiger partial charge in [0.2, 0.25) is 0 Å². The SMILES string of the molecule is CCOc1ccccc1C1(C)CC1CNC(C)C. The van der Waals surface area contributed by atoms with Crippen LogP contribution in [0.2, 0.25) is 0 Å². The predicted octanol–water partition coefficient (Wildman–Crippen LogP) is 3.36. The fraction of sp³-hybridized carbons (Fsp3) is 0.625. The van der Waals surface area contributed by atoms with Crippen molar-refractivity contribution >= 4 is 0 Å². The van der Waals surface area contributed by atoms with Gasteiger partial charge in [0.1, 0.15) is 5.75 Å². The molecule has 0 heterocycles. The average Bonchev–Trinajstić information content (AvgIpc) is 3.00. The van der Waals surface area contributed by atoms with E-state index >= 15 is 0 Å². The van der Waals surface area contributed by atoms with Crippen molar-refractivity contribution in [2.45, 2.75) is 45.6 Å². The second-order valence-electron chi connectivity index (χ2n) is 5.81. The summed E-state index contributed by atoms with van der Waals surface area (Å²) >= 11 is 0. The summed E-state index contributed by atoms with van der Waals surface area (Å²) < 4.78 is 5.76. The summed E-state index contributed by atoms with van der Waals surface area (Å²) in [5, 5.41) is 3.54. The summed E-state index contributed by atoms with van der Waals surface area (Å²) in [6.45, 7) is 10.7. The van der Waals surface area contributed by atoms with E-state index in [2.05, 4.69) is 50.4 Å². The minimum Gasteiger partial charge on any atom is -0.494 e. The molecule has 0 aromatic heterocycles. The summed E-state index contributed by atoms with van der Waals surface area (Å²) in [5.41, 5.74) is 1.68. The van der Waals surface area contributed by atoms with Gasteiger partial charge in [-0.25, -0.2) is 0 Å². The van der Waals surface area contributed by atoms with Crippen molar-refractivity contribution in [3.8, 4) is 5.75 Å². The summed E-state index contributed by atoms with van der Waals surface area (Å²) in [6, 6.07) is 9.06. The van der Waals surface area contributed by atoms with Gasteiger partial charge in [-0.05, 0) is 31.9 Å². The Morgan fingerprint density at radius 1 is 1.39 bits per heavy atom. The maximum Gasteiger partial charge on any atom is 0.123 e. The number of hydrogen-bond acceptors (Lipinski definition) is 2. The molecular weight excluding hydrogens is 222 g/mol. The zero-order valence-electron chi connectivity index (χ0n) is 12.0. The van der Waals surface area contributed by atoms with E-state index in [1.54, 1.807) is 0 Å². The van der Waals surface area contributed by atoms with E-state index in [1.165, 1.54) is 12.0 Å². The molecule has 1 fully saturated rings. The highest BCUT2D eigenvalue weighted by Gasteiger charge is 2.51. The molecule has 1 aromatic carbocycles. The van der Waals surface area contributed by atoms with Crippen molar-refractivity contribution in [3.63, 3.8) is 0 Å². The van der Waals surface area contributed by atoms with Crippen molar-refractivity contribution in [2.24, 2.45) is 5.92 Å². The van der Waals surface area contributed by atoms with Crippen molar-refractivity contribution < 1.29 is 4.74 Å². The van der Waals surface area contributed by atoms with Crippen molar-refractivity contribution in [3.05, 3.63) is 29.8 Å². The molecule has 1 saturated carbocycles. The van der Waals surface area contributed by atoms with Crippen LogP contribution in [-0.4, -0.2) is 19.2 Å². The van der Waals surface area contributed by atoms with Gasteiger partial charge in [-0.1, -0.05) is 39.0 Å². The molecule has 18 heavy (non-hydrogen) atoms. The maximum atomic E-state index is 5.76. The first-order chi connectivity index (χ1) is 8.58. The van der Waals surface area contributed by atoms with Gasteiger partial charge in [-0.3, -0.25) is 0 Å². The zero-order valence-corrected chi connectivity index (χ0v) is 12.0. The largest absolute Gasteiger partial charge is 0.494 e. The standard InChI is InChI=1S/C16H25NO/c1-5-18-15-9-7-6-8-14(15)16(4)10-13(16)11-17-12(2)3/h6-9,12-13,17H,5,10-11H2,1-4H3. The van der Waals surface area contributed by atoms with Crippen LogP contribution in [0.15, 0.2) is 24.3 Å². The lowest BCUT2D eigenvalue weighted by Gasteiger charge is -2.17. The third-order valence-electron chi connectivity index (χ3n) is 3.99. The van der Waals surface area contributed by atoms with E-state index in [-0.39, 0.29) is 0 Å². The second-order valence-corrected chi connectivity index (χ2v) is 5.81. The quantitative estimate of drug-likeness (QED) is 0.832. The molecular formula is C16H25NO. The third-order valence-corrected chi connectivity index (χ3v) is 3.99. The molecule has 2 rings (SSSR count). The average molecular weight is 247 g/mol. The van der Waals surface area contributed by atoms with E-state index in [0.29, 0.717) is 11.5 Å². The Kier molecular flexibility index (Phi) is 3.96. The van der Waals surface area contributed by atoms with E-state index in [0.717, 1.165) is 24.8 Å². The molecule has 100 valence electrons. The normalized spacial score (nSPS) is 26.4. The van der Waals surface area contributed by atoms with Crippen molar-refractivity contribution in [1.82, 2.24) is 5.32 Å². The van der Waals surface area contributed by atoms with Gasteiger partial charge < -0.3 is 10.1 Å². The molecule has 0 radical (unpaired) electrons. The molecule has 0 aliphatic heterocycles. The van der Waals surface area contributed by atoms with Crippen LogP contribution in [0.1, 0.15) is 39.7 Å². The van der Waals surface area contributed by atoms with Gasteiger partial charge in [0.25, 0.3) is 0 Å². The molecule has 2 unspecified atom stereocenters. The highest BCUT2D eigenvalue weighted by molar-refractivity contribution is 5.44. The lowest BCUT2D eigenvalue weighted by atomic mass is 9.94. The van der Waals surface area contributed by atoms with Crippen LogP contribution in [0.3, 0.4) is 0 Å². The molecule has 1 aliphatic rings. The van der Waals surface area contributed by atoms with Crippen LogP contribution in [0, 0.1) is 5.92 Å². The van der Waals surface area contributed by atoms with Crippen LogP contribution in [0.5, 0.6) is 5.75 Å². The van der Waals surface area contributed by atoms with Gasteiger partial charge in [-0.15, -0.1) is 0 Å². The number of para-hydroxylation sites is 1. The first kappa shape index (κ1) is 13.4. The lowest BCUT2D eigenvalue weighted by Crippen LogP contribution is -2.27. The summed E-state index contributed by atoms with van der Waals surface area (Å²) in [6.07, 6.45) is 1.26.